The van der Waals surface area contributed by atoms with Crippen LogP contribution in [-0.4, -0.2) is 0 Å². The second-order valence-corrected chi connectivity index (χ2v) is 4.13. The molecule has 0 saturated carbocycles. The Morgan fingerprint density at radius 1 is 1.20 bits per heavy atom. The second-order valence-electron chi connectivity index (χ2n) is 4.13. The fraction of sp³-hybridized carbons (Fsp3) is 0.333. The zero-order valence-electron chi connectivity index (χ0n) is 9.59. The molecule has 1 aromatic rings. The zero-order chi connectivity index (χ0) is 10.7. The molecular weight excluding hydrogens is 180 g/mol. The third-order valence-electron chi connectivity index (χ3n) is 3.14. The molecule has 0 N–H and O–H groups in total. The highest BCUT2D eigenvalue weighted by molar-refractivity contribution is 5.79. The van der Waals surface area contributed by atoms with Gasteiger partial charge in [-0.3, -0.25) is 0 Å². The molecule has 0 heterocycles. The van der Waals surface area contributed by atoms with Gasteiger partial charge in [0.25, 0.3) is 0 Å². The fourth-order valence-electron chi connectivity index (χ4n) is 2.23. The Morgan fingerprint density at radius 2 is 2.00 bits per heavy atom. The van der Waals surface area contributed by atoms with Gasteiger partial charge in [-0.25, -0.2) is 0 Å². The normalized spacial score (nSPS) is 15.9. The second kappa shape index (κ2) is 4.48. The lowest BCUT2D eigenvalue weighted by molar-refractivity contribution is 0.901. The third kappa shape index (κ3) is 2.04. The average molecular weight is 198 g/mol. The molecule has 0 aromatic heterocycles. The molecule has 0 amide bonds. The molecule has 0 nitrogen and oxygen atoms in total. The van der Waals surface area contributed by atoms with Gasteiger partial charge in [-0.1, -0.05) is 48.9 Å². The van der Waals surface area contributed by atoms with Gasteiger partial charge in [0.2, 0.25) is 0 Å². The summed E-state index contributed by atoms with van der Waals surface area (Å²) in [6.07, 6.45) is 8.20. The molecule has 1 aromatic carbocycles. The summed E-state index contributed by atoms with van der Waals surface area (Å²) in [6, 6.07) is 8.66. The molecule has 78 valence electrons. The van der Waals surface area contributed by atoms with Gasteiger partial charge in [0.05, 0.1) is 0 Å². The van der Waals surface area contributed by atoms with Crippen LogP contribution in [0.3, 0.4) is 0 Å². The van der Waals surface area contributed by atoms with Crippen LogP contribution in [0, 0.1) is 6.92 Å². The molecule has 0 heteroatoms. The Hall–Kier alpha value is -1.30. The Kier molecular flexibility index (Phi) is 3.05. The van der Waals surface area contributed by atoms with Crippen molar-refractivity contribution in [3.05, 3.63) is 53.1 Å². The van der Waals surface area contributed by atoms with E-state index in [-0.39, 0.29) is 0 Å². The monoisotopic (exact) mass is 198 g/mol. The molecule has 1 aliphatic rings. The van der Waals surface area contributed by atoms with Gasteiger partial charge < -0.3 is 0 Å². The molecule has 0 saturated heterocycles. The van der Waals surface area contributed by atoms with Crippen LogP contribution in [0.4, 0.5) is 0 Å². The van der Waals surface area contributed by atoms with Crippen molar-refractivity contribution in [2.75, 3.05) is 0 Å². The molecule has 0 atom stereocenters. The topological polar surface area (TPSA) is 0 Å². The number of aryl methyl sites for hydroxylation is 1. The third-order valence-corrected chi connectivity index (χ3v) is 3.14. The van der Waals surface area contributed by atoms with Crippen molar-refractivity contribution in [1.29, 1.82) is 0 Å². The number of allylic oxidation sites excluding steroid dienone is 4. The maximum Gasteiger partial charge on any atom is -0.0155 e. The van der Waals surface area contributed by atoms with Crippen molar-refractivity contribution in [3.8, 4) is 0 Å². The maximum absolute atomic E-state index is 2.30. The Labute approximate surface area is 92.3 Å². The zero-order valence-corrected chi connectivity index (χ0v) is 9.59. The molecule has 0 aliphatic heterocycles. The highest BCUT2D eigenvalue weighted by Crippen LogP contribution is 2.30. The molecule has 1 aliphatic carbocycles. The predicted molar refractivity (Wildman–Crippen MR) is 66.8 cm³/mol. The number of benzene rings is 1. The largest absolute Gasteiger partial charge is 0.0836 e. The standard InChI is InChI=1S/C15H18/c1-3-13-9-5-7-11-15(13)14-10-6-4-8-12(14)2/h4,6-8,10-11H,3,5,9H2,1-2H3. The molecule has 2 rings (SSSR count). The Balaban J connectivity index is 2.49. The molecule has 0 fully saturated rings. The van der Waals surface area contributed by atoms with E-state index >= 15 is 0 Å². The lowest BCUT2D eigenvalue weighted by atomic mass is 9.89. The van der Waals surface area contributed by atoms with E-state index in [0.29, 0.717) is 0 Å². The highest BCUT2D eigenvalue weighted by Gasteiger charge is 2.09. The number of rotatable bonds is 2. The van der Waals surface area contributed by atoms with Crippen molar-refractivity contribution in [2.45, 2.75) is 33.1 Å². The van der Waals surface area contributed by atoms with Crippen molar-refractivity contribution >= 4 is 5.57 Å². The van der Waals surface area contributed by atoms with Crippen LogP contribution >= 0.6 is 0 Å². The molecular formula is C15H18. The molecule has 0 bridgehead atoms. The van der Waals surface area contributed by atoms with Crippen LogP contribution < -0.4 is 0 Å². The molecule has 15 heavy (non-hydrogen) atoms. The number of hydrogen-bond acceptors (Lipinski definition) is 0. The van der Waals surface area contributed by atoms with Crippen LogP contribution in [0.5, 0.6) is 0 Å². The van der Waals surface area contributed by atoms with E-state index in [9.17, 15) is 0 Å². The molecule has 0 spiro atoms. The number of hydrogen-bond donors (Lipinski definition) is 0. The first-order valence-corrected chi connectivity index (χ1v) is 5.77. The van der Waals surface area contributed by atoms with Crippen LogP contribution in [-0.2, 0) is 0 Å². The van der Waals surface area contributed by atoms with Crippen LogP contribution in [0.1, 0.15) is 37.3 Å². The smallest absolute Gasteiger partial charge is 0.0155 e. The fourth-order valence-corrected chi connectivity index (χ4v) is 2.23. The van der Waals surface area contributed by atoms with Gasteiger partial charge in [-0.2, -0.15) is 0 Å². The van der Waals surface area contributed by atoms with Gasteiger partial charge in [0.1, 0.15) is 0 Å². The van der Waals surface area contributed by atoms with Gasteiger partial charge >= 0.3 is 0 Å². The summed E-state index contributed by atoms with van der Waals surface area (Å²) in [5.41, 5.74) is 5.85. The van der Waals surface area contributed by atoms with Crippen LogP contribution in [0.15, 0.2) is 42.0 Å². The minimum absolute atomic E-state index is 1.17. The average Bonchev–Trinajstić information content (AvgIpc) is 2.30. The highest BCUT2D eigenvalue weighted by atomic mass is 14.1. The summed E-state index contributed by atoms with van der Waals surface area (Å²) in [5.74, 6) is 0. The SMILES string of the molecule is CCC1=C(c2ccccc2C)C=CCC1. The summed E-state index contributed by atoms with van der Waals surface area (Å²) in [7, 11) is 0. The molecule has 0 unspecified atom stereocenters. The van der Waals surface area contributed by atoms with Gasteiger partial charge in [0, 0.05) is 0 Å². The summed E-state index contributed by atoms with van der Waals surface area (Å²) >= 11 is 0. The van der Waals surface area contributed by atoms with Crippen LogP contribution in [0.25, 0.3) is 5.57 Å². The minimum atomic E-state index is 1.17. The Bertz CT molecular complexity index is 408. The summed E-state index contributed by atoms with van der Waals surface area (Å²) in [4.78, 5) is 0. The van der Waals surface area contributed by atoms with E-state index in [1.807, 2.05) is 0 Å². The summed E-state index contributed by atoms with van der Waals surface area (Å²) in [5, 5.41) is 0. The molecule has 0 radical (unpaired) electrons. The van der Waals surface area contributed by atoms with Gasteiger partial charge in [-0.05, 0) is 42.9 Å². The van der Waals surface area contributed by atoms with Crippen molar-refractivity contribution in [2.24, 2.45) is 0 Å². The minimum Gasteiger partial charge on any atom is -0.0836 e. The quantitative estimate of drug-likeness (QED) is 0.656. The van der Waals surface area contributed by atoms with Crippen LogP contribution in [0.2, 0.25) is 0 Å². The first-order valence-electron chi connectivity index (χ1n) is 5.77. The van der Waals surface area contributed by atoms with Gasteiger partial charge in [-0.15, -0.1) is 0 Å². The lowest BCUT2D eigenvalue weighted by Gasteiger charge is -2.16. The first kappa shape index (κ1) is 10.2. The first-order chi connectivity index (χ1) is 7.33. The van der Waals surface area contributed by atoms with E-state index in [1.165, 1.54) is 36.0 Å². The summed E-state index contributed by atoms with van der Waals surface area (Å²) in [6.45, 7) is 4.45. The summed E-state index contributed by atoms with van der Waals surface area (Å²) < 4.78 is 0. The van der Waals surface area contributed by atoms with Gasteiger partial charge in [0.15, 0.2) is 0 Å². The van der Waals surface area contributed by atoms with Crippen molar-refractivity contribution in [1.82, 2.24) is 0 Å². The predicted octanol–water partition coefficient (Wildman–Crippen LogP) is 4.51. The lowest BCUT2D eigenvalue weighted by Crippen LogP contribution is -1.95. The van der Waals surface area contributed by atoms with Crippen molar-refractivity contribution < 1.29 is 0 Å². The van der Waals surface area contributed by atoms with E-state index in [2.05, 4.69) is 50.3 Å². The van der Waals surface area contributed by atoms with Crippen molar-refractivity contribution in [3.63, 3.8) is 0 Å². The van der Waals surface area contributed by atoms with E-state index in [4.69, 9.17) is 0 Å². The maximum atomic E-state index is 2.30. The Morgan fingerprint density at radius 3 is 2.73 bits per heavy atom. The van der Waals surface area contributed by atoms with E-state index in [0.717, 1.165) is 0 Å². The van der Waals surface area contributed by atoms with E-state index < -0.39 is 0 Å². The van der Waals surface area contributed by atoms with E-state index in [1.54, 1.807) is 5.57 Å².